The van der Waals surface area contributed by atoms with Gasteiger partial charge in [-0.25, -0.2) is 0 Å². The summed E-state index contributed by atoms with van der Waals surface area (Å²) in [7, 11) is 0. The molecule has 1 amide bonds. The molecule has 0 aliphatic rings. The first-order valence-corrected chi connectivity index (χ1v) is 23.9. The Labute approximate surface area is 327 Å². The van der Waals surface area contributed by atoms with Gasteiger partial charge in [-0.15, -0.1) is 0 Å². The molecule has 0 spiro atoms. The van der Waals surface area contributed by atoms with Gasteiger partial charge < -0.3 is 15.5 Å². The van der Waals surface area contributed by atoms with Gasteiger partial charge in [-0.1, -0.05) is 257 Å². The van der Waals surface area contributed by atoms with E-state index in [4.69, 9.17) is 0 Å². The fourth-order valence-electron chi connectivity index (χ4n) is 7.59. The van der Waals surface area contributed by atoms with Crippen molar-refractivity contribution in [2.24, 2.45) is 0 Å². The second kappa shape index (κ2) is 44.5. The summed E-state index contributed by atoms with van der Waals surface area (Å²) in [5, 5.41) is 23.0. The Morgan fingerprint density at radius 3 is 1.00 bits per heavy atom. The lowest BCUT2D eigenvalue weighted by molar-refractivity contribution is -0.123. The van der Waals surface area contributed by atoms with E-state index in [9.17, 15) is 15.0 Å². The van der Waals surface area contributed by atoms with Crippen LogP contribution in [0.2, 0.25) is 0 Å². The Balaban J connectivity index is 3.40. The van der Waals surface area contributed by atoms with Crippen molar-refractivity contribution in [3.63, 3.8) is 0 Å². The standard InChI is InChI=1S/C48H95NO3/c1-3-5-7-9-11-13-15-16-17-18-19-20-21-22-23-24-25-26-27-28-29-30-31-32-34-36-38-40-42-44-48(52)49-46(45-50)47(51)43-41-39-37-35-33-14-12-10-8-6-4-2/h41,43,46-47,50-51H,3-40,42,44-45H2,1-2H3,(H,49,52)/b43-41+. The first-order chi connectivity index (χ1) is 25.7. The summed E-state index contributed by atoms with van der Waals surface area (Å²) in [5.41, 5.74) is 0. The number of carbonyl (C=O) groups excluding carboxylic acids is 1. The zero-order chi connectivity index (χ0) is 37.8. The second-order valence-electron chi connectivity index (χ2n) is 16.5. The second-order valence-corrected chi connectivity index (χ2v) is 16.5. The fraction of sp³-hybridized carbons (Fsp3) is 0.938. The lowest BCUT2D eigenvalue weighted by Crippen LogP contribution is -2.45. The van der Waals surface area contributed by atoms with Gasteiger partial charge in [-0.3, -0.25) is 4.79 Å². The highest BCUT2D eigenvalue weighted by Gasteiger charge is 2.18. The highest BCUT2D eigenvalue weighted by molar-refractivity contribution is 5.76. The smallest absolute Gasteiger partial charge is 0.220 e. The van der Waals surface area contributed by atoms with Gasteiger partial charge in [0.1, 0.15) is 0 Å². The first kappa shape index (κ1) is 51.1. The van der Waals surface area contributed by atoms with E-state index in [0.717, 1.165) is 25.7 Å². The molecule has 0 aromatic heterocycles. The van der Waals surface area contributed by atoms with Gasteiger partial charge in [-0.05, 0) is 19.3 Å². The largest absolute Gasteiger partial charge is 0.394 e. The molecule has 310 valence electrons. The number of rotatable bonds is 44. The SMILES string of the molecule is CCCCCCCCCCC/C=C/C(O)C(CO)NC(=O)CCCCCCCCCCCCCCCCCCCCCCCCCCCCCCC. The van der Waals surface area contributed by atoms with Crippen LogP contribution in [0.3, 0.4) is 0 Å². The van der Waals surface area contributed by atoms with Crippen molar-refractivity contribution in [1.82, 2.24) is 5.32 Å². The van der Waals surface area contributed by atoms with Crippen molar-refractivity contribution in [1.29, 1.82) is 0 Å². The van der Waals surface area contributed by atoms with Crippen molar-refractivity contribution in [2.75, 3.05) is 6.61 Å². The van der Waals surface area contributed by atoms with E-state index in [1.165, 1.54) is 225 Å². The molecule has 4 nitrogen and oxygen atoms in total. The highest BCUT2D eigenvalue weighted by atomic mass is 16.3. The number of aliphatic hydroxyl groups is 2. The van der Waals surface area contributed by atoms with Crippen molar-refractivity contribution in [2.45, 2.75) is 283 Å². The molecule has 0 aliphatic heterocycles. The number of allylic oxidation sites excluding steroid dienone is 1. The van der Waals surface area contributed by atoms with Crippen molar-refractivity contribution in [3.8, 4) is 0 Å². The monoisotopic (exact) mass is 734 g/mol. The van der Waals surface area contributed by atoms with Gasteiger partial charge in [0.2, 0.25) is 5.91 Å². The minimum atomic E-state index is -0.832. The predicted molar refractivity (Wildman–Crippen MR) is 230 cm³/mol. The molecule has 52 heavy (non-hydrogen) atoms. The maximum absolute atomic E-state index is 12.4. The van der Waals surface area contributed by atoms with Crippen LogP contribution in [0, 0.1) is 0 Å². The van der Waals surface area contributed by atoms with Crippen LogP contribution in [-0.2, 0) is 4.79 Å². The molecule has 2 atom stereocenters. The Kier molecular flexibility index (Phi) is 43.8. The molecule has 0 bridgehead atoms. The molecule has 0 heterocycles. The molecule has 0 aromatic carbocycles. The zero-order valence-electron chi connectivity index (χ0n) is 35.6. The van der Waals surface area contributed by atoms with Gasteiger partial charge in [0.05, 0.1) is 18.8 Å². The van der Waals surface area contributed by atoms with Crippen LogP contribution in [0.1, 0.15) is 271 Å². The third-order valence-corrected chi connectivity index (χ3v) is 11.3. The van der Waals surface area contributed by atoms with Gasteiger partial charge in [0.15, 0.2) is 0 Å². The number of amides is 1. The molecule has 0 saturated heterocycles. The minimum absolute atomic E-state index is 0.0598. The Morgan fingerprint density at radius 2 is 0.712 bits per heavy atom. The summed E-state index contributed by atoms with van der Waals surface area (Å²) in [5.74, 6) is -0.0598. The van der Waals surface area contributed by atoms with Crippen molar-refractivity contribution < 1.29 is 15.0 Å². The number of carbonyl (C=O) groups is 1. The molecule has 0 aliphatic carbocycles. The fourth-order valence-corrected chi connectivity index (χ4v) is 7.59. The lowest BCUT2D eigenvalue weighted by Gasteiger charge is -2.20. The van der Waals surface area contributed by atoms with Crippen LogP contribution in [0.5, 0.6) is 0 Å². The lowest BCUT2D eigenvalue weighted by atomic mass is 10.0. The van der Waals surface area contributed by atoms with E-state index in [1.807, 2.05) is 6.08 Å². The maximum atomic E-state index is 12.4. The summed E-state index contributed by atoms with van der Waals surface area (Å²) >= 11 is 0. The van der Waals surface area contributed by atoms with E-state index >= 15 is 0 Å². The molecule has 4 heteroatoms. The normalized spacial score (nSPS) is 12.9. The molecule has 0 saturated carbocycles. The molecular weight excluding hydrogens is 639 g/mol. The maximum Gasteiger partial charge on any atom is 0.220 e. The third-order valence-electron chi connectivity index (χ3n) is 11.3. The van der Waals surface area contributed by atoms with Crippen LogP contribution in [0.4, 0.5) is 0 Å². The average Bonchev–Trinajstić information content (AvgIpc) is 3.15. The first-order valence-electron chi connectivity index (χ1n) is 23.9. The third kappa shape index (κ3) is 40.3. The topological polar surface area (TPSA) is 69.6 Å². The molecule has 0 radical (unpaired) electrons. The Morgan fingerprint density at radius 1 is 0.442 bits per heavy atom. The predicted octanol–water partition coefficient (Wildman–Crippen LogP) is 15.0. The summed E-state index contributed by atoms with van der Waals surface area (Å²) in [4.78, 5) is 12.4. The highest BCUT2D eigenvalue weighted by Crippen LogP contribution is 2.17. The van der Waals surface area contributed by atoms with Crippen LogP contribution in [0.25, 0.3) is 0 Å². The molecule has 0 fully saturated rings. The molecule has 0 aromatic rings. The Hall–Kier alpha value is -0.870. The Bertz CT molecular complexity index is 710. The van der Waals surface area contributed by atoms with E-state index in [2.05, 4.69) is 19.2 Å². The quantitative estimate of drug-likeness (QED) is 0.0431. The number of unbranched alkanes of at least 4 members (excludes halogenated alkanes) is 37. The molecule has 2 unspecified atom stereocenters. The van der Waals surface area contributed by atoms with E-state index in [1.54, 1.807) is 6.08 Å². The molecule has 3 N–H and O–H groups in total. The zero-order valence-corrected chi connectivity index (χ0v) is 35.6. The van der Waals surface area contributed by atoms with Gasteiger partial charge >= 0.3 is 0 Å². The molecular formula is C48H95NO3. The summed E-state index contributed by atoms with van der Waals surface area (Å²) in [6.45, 7) is 4.32. The summed E-state index contributed by atoms with van der Waals surface area (Å²) < 4.78 is 0. The summed E-state index contributed by atoms with van der Waals surface area (Å²) in [6.07, 6.45) is 56.4. The van der Waals surface area contributed by atoms with Crippen molar-refractivity contribution in [3.05, 3.63) is 12.2 Å². The van der Waals surface area contributed by atoms with Crippen LogP contribution < -0.4 is 5.32 Å². The average molecular weight is 734 g/mol. The minimum Gasteiger partial charge on any atom is -0.394 e. The van der Waals surface area contributed by atoms with Crippen LogP contribution in [-0.4, -0.2) is 34.9 Å². The van der Waals surface area contributed by atoms with Gasteiger partial charge in [0.25, 0.3) is 0 Å². The van der Waals surface area contributed by atoms with Crippen LogP contribution >= 0.6 is 0 Å². The van der Waals surface area contributed by atoms with Gasteiger partial charge in [-0.2, -0.15) is 0 Å². The van der Waals surface area contributed by atoms with Gasteiger partial charge in [0, 0.05) is 6.42 Å². The number of nitrogens with one attached hydrogen (secondary N) is 1. The number of aliphatic hydroxyl groups excluding tert-OH is 2. The molecule has 0 rings (SSSR count). The van der Waals surface area contributed by atoms with E-state index in [-0.39, 0.29) is 12.5 Å². The number of hydrogen-bond donors (Lipinski definition) is 3. The summed E-state index contributed by atoms with van der Waals surface area (Å²) in [6, 6.07) is -0.615. The van der Waals surface area contributed by atoms with E-state index < -0.39 is 12.1 Å². The number of hydrogen-bond acceptors (Lipinski definition) is 3. The van der Waals surface area contributed by atoms with E-state index in [0.29, 0.717) is 6.42 Å². The van der Waals surface area contributed by atoms with Crippen LogP contribution in [0.15, 0.2) is 12.2 Å². The van der Waals surface area contributed by atoms with Crippen molar-refractivity contribution >= 4 is 5.91 Å².